The van der Waals surface area contributed by atoms with Crippen molar-refractivity contribution in [3.8, 4) is 17.2 Å². The van der Waals surface area contributed by atoms with E-state index in [1.165, 1.54) is 19.2 Å². The summed E-state index contributed by atoms with van der Waals surface area (Å²) in [5, 5.41) is 6.69. The van der Waals surface area contributed by atoms with E-state index in [0.29, 0.717) is 29.2 Å². The van der Waals surface area contributed by atoms with E-state index in [1.807, 2.05) is 6.07 Å². The molecule has 4 aromatic rings. The van der Waals surface area contributed by atoms with Crippen molar-refractivity contribution in [3.05, 3.63) is 84.1 Å². The Morgan fingerprint density at radius 3 is 2.40 bits per heavy atom. The molecule has 0 unspecified atom stereocenters. The lowest BCUT2D eigenvalue weighted by Crippen LogP contribution is -2.25. The standard InChI is InChI=1S/C31H29F3N4O4/c1-20(39)36-29-19-27(8-9-35-29)42-26-7-6-21-4-5-22(14-23(21)15-26)30(40)37-25-16-24(31(32,33)34)17-28(18-25)41-13-12-38-10-2-3-11-38/h4-9,14-19H,2-3,10-13H2,1H3,(H,37,40)(H,35,36,39). The van der Waals surface area contributed by atoms with Crippen LogP contribution in [0.4, 0.5) is 24.7 Å². The van der Waals surface area contributed by atoms with Crippen LogP contribution in [0, 0.1) is 0 Å². The number of alkyl halides is 3. The van der Waals surface area contributed by atoms with Gasteiger partial charge in [-0.15, -0.1) is 0 Å². The lowest BCUT2D eigenvalue weighted by atomic mass is 10.1. The number of carbonyl (C=O) groups is 2. The molecule has 0 radical (unpaired) electrons. The molecule has 1 aliphatic rings. The molecular formula is C31H29F3N4O4. The maximum absolute atomic E-state index is 13.6. The predicted octanol–water partition coefficient (Wildman–Crippen LogP) is 6.73. The molecule has 0 spiro atoms. The number of likely N-dealkylation sites (tertiary alicyclic amines) is 1. The Morgan fingerprint density at radius 1 is 0.881 bits per heavy atom. The third-order valence-electron chi connectivity index (χ3n) is 6.71. The van der Waals surface area contributed by atoms with Crippen LogP contribution in [-0.2, 0) is 11.0 Å². The van der Waals surface area contributed by atoms with E-state index in [2.05, 4.69) is 20.5 Å². The van der Waals surface area contributed by atoms with Crippen LogP contribution in [0.2, 0.25) is 0 Å². The minimum absolute atomic E-state index is 0.0177. The van der Waals surface area contributed by atoms with E-state index >= 15 is 0 Å². The summed E-state index contributed by atoms with van der Waals surface area (Å²) in [5.41, 5.74) is -0.671. The lowest BCUT2D eigenvalue weighted by molar-refractivity contribution is -0.137. The Labute approximate surface area is 240 Å². The van der Waals surface area contributed by atoms with Gasteiger partial charge in [-0.1, -0.05) is 12.1 Å². The molecule has 0 bridgehead atoms. The molecule has 5 rings (SSSR count). The van der Waals surface area contributed by atoms with Crippen molar-refractivity contribution in [3.63, 3.8) is 0 Å². The fourth-order valence-corrected chi connectivity index (χ4v) is 4.71. The maximum atomic E-state index is 13.6. The molecule has 11 heteroatoms. The summed E-state index contributed by atoms with van der Waals surface area (Å²) in [6.45, 7) is 4.16. The second-order valence-electron chi connectivity index (χ2n) is 9.98. The number of aromatic nitrogens is 1. The van der Waals surface area contributed by atoms with Crippen molar-refractivity contribution in [2.24, 2.45) is 0 Å². The van der Waals surface area contributed by atoms with E-state index in [0.717, 1.165) is 43.5 Å². The van der Waals surface area contributed by atoms with Gasteiger partial charge in [0.1, 0.15) is 29.7 Å². The summed E-state index contributed by atoms with van der Waals surface area (Å²) < 4.78 is 52.4. The molecule has 2 heterocycles. The zero-order valence-corrected chi connectivity index (χ0v) is 22.8. The molecule has 1 aliphatic heterocycles. The molecule has 8 nitrogen and oxygen atoms in total. The highest BCUT2D eigenvalue weighted by Gasteiger charge is 2.31. The Bertz CT molecular complexity index is 1600. The van der Waals surface area contributed by atoms with Crippen molar-refractivity contribution < 1.29 is 32.2 Å². The van der Waals surface area contributed by atoms with Gasteiger partial charge < -0.3 is 20.1 Å². The first-order valence-electron chi connectivity index (χ1n) is 13.5. The molecule has 0 atom stereocenters. The van der Waals surface area contributed by atoms with Crippen LogP contribution < -0.4 is 20.1 Å². The first-order chi connectivity index (χ1) is 20.1. The number of carbonyl (C=O) groups excluding carboxylic acids is 2. The van der Waals surface area contributed by atoms with Gasteiger partial charge in [-0.3, -0.25) is 14.5 Å². The third-order valence-corrected chi connectivity index (χ3v) is 6.71. The summed E-state index contributed by atoms with van der Waals surface area (Å²) in [7, 11) is 0. The van der Waals surface area contributed by atoms with Crippen LogP contribution in [-0.4, -0.2) is 47.9 Å². The summed E-state index contributed by atoms with van der Waals surface area (Å²) in [6, 6.07) is 16.7. The van der Waals surface area contributed by atoms with E-state index in [-0.39, 0.29) is 29.5 Å². The van der Waals surface area contributed by atoms with Crippen molar-refractivity contribution in [1.82, 2.24) is 9.88 Å². The highest BCUT2D eigenvalue weighted by molar-refractivity contribution is 6.06. The average Bonchev–Trinajstić information content (AvgIpc) is 3.45. The Kier molecular flexibility index (Phi) is 8.58. The van der Waals surface area contributed by atoms with Gasteiger partial charge in [0.2, 0.25) is 5.91 Å². The minimum Gasteiger partial charge on any atom is -0.492 e. The SMILES string of the molecule is CC(=O)Nc1cc(Oc2ccc3ccc(C(=O)Nc4cc(OCCN5CCCC5)cc(C(F)(F)F)c4)cc3c2)ccn1. The number of anilines is 2. The molecule has 1 aromatic heterocycles. The minimum atomic E-state index is -4.61. The molecule has 2 amide bonds. The number of halogens is 3. The van der Waals surface area contributed by atoms with Gasteiger partial charge >= 0.3 is 6.18 Å². The predicted molar refractivity (Wildman–Crippen MR) is 153 cm³/mol. The molecule has 2 N–H and O–H groups in total. The zero-order chi connectivity index (χ0) is 29.7. The largest absolute Gasteiger partial charge is 0.492 e. The van der Waals surface area contributed by atoms with Gasteiger partial charge in [0.15, 0.2) is 0 Å². The third kappa shape index (κ3) is 7.55. The number of rotatable bonds is 9. The number of benzene rings is 3. The van der Waals surface area contributed by atoms with E-state index < -0.39 is 17.6 Å². The highest BCUT2D eigenvalue weighted by Crippen LogP contribution is 2.35. The summed E-state index contributed by atoms with van der Waals surface area (Å²) in [5.74, 6) is 0.479. The summed E-state index contributed by atoms with van der Waals surface area (Å²) in [6.07, 6.45) is -0.893. The first-order valence-corrected chi connectivity index (χ1v) is 13.5. The number of nitrogens with one attached hydrogen (secondary N) is 2. The number of pyridine rings is 1. The Hall–Kier alpha value is -4.64. The number of fused-ring (bicyclic) bond motifs is 1. The van der Waals surface area contributed by atoms with Crippen LogP contribution in [0.25, 0.3) is 10.8 Å². The molecule has 1 saturated heterocycles. The maximum Gasteiger partial charge on any atom is 0.416 e. The smallest absolute Gasteiger partial charge is 0.416 e. The number of ether oxygens (including phenoxy) is 2. The molecule has 3 aromatic carbocycles. The van der Waals surface area contributed by atoms with E-state index in [1.54, 1.807) is 42.5 Å². The van der Waals surface area contributed by atoms with E-state index in [9.17, 15) is 22.8 Å². The number of hydrogen-bond acceptors (Lipinski definition) is 6. The fraction of sp³-hybridized carbons (Fsp3) is 0.258. The Balaban J connectivity index is 1.32. The van der Waals surface area contributed by atoms with Gasteiger partial charge in [-0.2, -0.15) is 13.2 Å². The van der Waals surface area contributed by atoms with Gasteiger partial charge in [0.25, 0.3) is 5.91 Å². The monoisotopic (exact) mass is 578 g/mol. The van der Waals surface area contributed by atoms with Crippen molar-refractivity contribution in [2.45, 2.75) is 25.9 Å². The molecular weight excluding hydrogens is 549 g/mol. The van der Waals surface area contributed by atoms with Crippen LogP contribution in [0.3, 0.4) is 0 Å². The number of amides is 2. The fourth-order valence-electron chi connectivity index (χ4n) is 4.71. The summed E-state index contributed by atoms with van der Waals surface area (Å²) >= 11 is 0. The lowest BCUT2D eigenvalue weighted by Gasteiger charge is -2.17. The molecule has 218 valence electrons. The van der Waals surface area contributed by atoms with Gasteiger partial charge in [-0.25, -0.2) is 4.98 Å². The zero-order valence-electron chi connectivity index (χ0n) is 22.8. The first kappa shape index (κ1) is 28.9. The van der Waals surface area contributed by atoms with Crippen molar-refractivity contribution >= 4 is 34.1 Å². The molecule has 42 heavy (non-hydrogen) atoms. The van der Waals surface area contributed by atoms with Crippen LogP contribution >= 0.6 is 0 Å². The van der Waals surface area contributed by atoms with Crippen molar-refractivity contribution in [2.75, 3.05) is 36.9 Å². The van der Waals surface area contributed by atoms with Crippen molar-refractivity contribution in [1.29, 1.82) is 0 Å². The molecule has 0 aliphatic carbocycles. The quantitative estimate of drug-likeness (QED) is 0.229. The second-order valence-corrected chi connectivity index (χ2v) is 9.98. The average molecular weight is 579 g/mol. The van der Waals surface area contributed by atoms with Gasteiger partial charge in [-0.05, 0) is 79.2 Å². The topological polar surface area (TPSA) is 92.8 Å². The number of hydrogen-bond donors (Lipinski definition) is 2. The number of nitrogens with zero attached hydrogens (tertiary/aromatic N) is 2. The summed E-state index contributed by atoms with van der Waals surface area (Å²) in [4.78, 5) is 30.7. The second kappa shape index (κ2) is 12.5. The van der Waals surface area contributed by atoms with Gasteiger partial charge in [0, 0.05) is 43.0 Å². The molecule has 1 fully saturated rings. The normalized spacial score (nSPS) is 13.6. The van der Waals surface area contributed by atoms with Crippen LogP contribution in [0.15, 0.2) is 72.9 Å². The highest BCUT2D eigenvalue weighted by atomic mass is 19.4. The van der Waals surface area contributed by atoms with Gasteiger partial charge in [0.05, 0.1) is 5.56 Å². The Morgan fingerprint density at radius 2 is 1.64 bits per heavy atom. The van der Waals surface area contributed by atoms with Crippen LogP contribution in [0.5, 0.6) is 17.2 Å². The van der Waals surface area contributed by atoms with E-state index in [4.69, 9.17) is 9.47 Å². The van der Waals surface area contributed by atoms with Crippen LogP contribution in [0.1, 0.15) is 35.7 Å². The molecule has 0 saturated carbocycles.